The molecule has 0 aliphatic heterocycles. The van der Waals surface area contributed by atoms with Gasteiger partial charge in [-0.15, -0.1) is 0 Å². The molecule has 0 heterocycles. The third-order valence-electron chi connectivity index (χ3n) is 4.06. The number of carboxylic acid groups (broad SMARTS) is 4. The number of aryl methyl sites for hydroxylation is 1. The van der Waals surface area contributed by atoms with E-state index in [1.807, 2.05) is 0 Å². The third kappa shape index (κ3) is 5.01. The Hall–Kier alpha value is -3.27. The smallest absolute Gasteiger partial charge is 1.00 e. The first kappa shape index (κ1) is 24.8. The predicted octanol–water partition coefficient (Wildman–Crippen LogP) is -0.200. The van der Waals surface area contributed by atoms with Crippen LogP contribution in [0.4, 0.5) is 0 Å². The van der Waals surface area contributed by atoms with Crippen LogP contribution in [0, 0.1) is 6.92 Å². The molecule has 150 valence electrons. The Bertz CT molecular complexity index is 1110. The normalized spacial score (nSPS) is 10.3. The van der Waals surface area contributed by atoms with Gasteiger partial charge in [-0.05, 0) is 30.2 Å². The summed E-state index contributed by atoms with van der Waals surface area (Å²) < 4.78 is 0. The van der Waals surface area contributed by atoms with Crippen LogP contribution in [-0.2, 0) is 0 Å². The predicted molar refractivity (Wildman–Crippen MR) is 99.9 cm³/mol. The fourth-order valence-corrected chi connectivity index (χ4v) is 2.79. The first-order valence-corrected chi connectivity index (χ1v) is 7.98. The van der Waals surface area contributed by atoms with Gasteiger partial charge in [0, 0.05) is 5.56 Å². The molecule has 4 N–H and O–H groups in total. The molecule has 0 atom stereocenters. The van der Waals surface area contributed by atoms with Gasteiger partial charge in [0.1, 0.15) is 0 Å². The Morgan fingerprint density at radius 2 is 1.27 bits per heavy atom. The molecule has 0 radical (unpaired) electrons. The zero-order valence-corrected chi connectivity index (χ0v) is 17.9. The molecule has 0 amide bonds. The van der Waals surface area contributed by atoms with Crippen molar-refractivity contribution >= 4 is 35.7 Å². The zero-order valence-electron chi connectivity index (χ0n) is 16.9. The first-order valence-electron chi connectivity index (χ1n) is 7.98. The molecule has 0 aromatic heterocycles. The number of carboxylic acids is 4. The van der Waals surface area contributed by atoms with Crippen LogP contribution >= 0.6 is 0 Å². The number of hydrogen-bond donors (Lipinski definition) is 4. The van der Waals surface area contributed by atoms with Crippen molar-refractivity contribution in [1.82, 2.24) is 0 Å². The molecule has 10 heteroatoms. The van der Waals surface area contributed by atoms with Crippen molar-refractivity contribution in [2.45, 2.75) is 6.92 Å². The number of aromatic carboxylic acids is 4. The second-order valence-corrected chi connectivity index (χ2v) is 5.87. The molecule has 0 unspecified atom stereocenters. The fraction of sp³-hybridized carbons (Fsp3) is 0.0500. The van der Waals surface area contributed by atoms with E-state index in [1.54, 1.807) is 0 Å². The van der Waals surface area contributed by atoms with Crippen LogP contribution in [0.2, 0.25) is 0 Å². The largest absolute Gasteiger partial charge is 1.00 e. The molecule has 0 aliphatic carbocycles. The number of rotatable bonds is 7. The van der Waals surface area contributed by atoms with Gasteiger partial charge < -0.3 is 21.9 Å². The third-order valence-corrected chi connectivity index (χ3v) is 4.06. The Morgan fingerprint density at radius 1 is 0.733 bits per heavy atom. The Kier molecular flexibility index (Phi) is 8.23. The van der Waals surface area contributed by atoms with Crippen LogP contribution in [0.5, 0.6) is 0 Å². The summed E-state index contributed by atoms with van der Waals surface area (Å²) in [5.41, 5.74) is -2.53. The molecule has 9 nitrogen and oxygen atoms in total. The summed E-state index contributed by atoms with van der Waals surface area (Å²) in [6.45, 7) is 1.42. The average Bonchev–Trinajstić information content (AvgIpc) is 2.65. The second kappa shape index (κ2) is 9.97. The summed E-state index contributed by atoms with van der Waals surface area (Å²) >= 11 is 0. The molecule has 30 heavy (non-hydrogen) atoms. The molecule has 0 saturated heterocycles. The molecule has 2 aromatic rings. The molecular formula is C20H15NaO9. The van der Waals surface area contributed by atoms with Gasteiger partial charge >= 0.3 is 53.4 Å². The monoisotopic (exact) mass is 422 g/mol. The van der Waals surface area contributed by atoms with E-state index in [4.69, 9.17) is 5.11 Å². The van der Waals surface area contributed by atoms with Crippen molar-refractivity contribution in [2.24, 2.45) is 0 Å². The molecule has 0 saturated carbocycles. The van der Waals surface area contributed by atoms with Gasteiger partial charge in [0.25, 0.3) is 0 Å². The van der Waals surface area contributed by atoms with Crippen LogP contribution in [0.1, 0.15) is 64.3 Å². The van der Waals surface area contributed by atoms with Gasteiger partial charge in [-0.3, -0.25) is 4.79 Å². The maximum atomic E-state index is 12.5. The van der Waals surface area contributed by atoms with Crippen molar-refractivity contribution in [3.63, 3.8) is 0 Å². The van der Waals surface area contributed by atoms with Crippen molar-refractivity contribution < 1.29 is 75.4 Å². The summed E-state index contributed by atoms with van der Waals surface area (Å²) in [6.07, 6.45) is 1.90. The SMILES string of the molecule is Cc1ccc(/C=C/C(=O)c2cccc(C(=O)O)c2C(=O)O)c(C(=O)O)c1C(=O)O.[H-].[Na+]. The minimum absolute atomic E-state index is 0. The van der Waals surface area contributed by atoms with Gasteiger partial charge in [-0.25, -0.2) is 19.2 Å². The van der Waals surface area contributed by atoms with E-state index in [2.05, 4.69) is 0 Å². The van der Waals surface area contributed by atoms with E-state index in [0.717, 1.165) is 24.3 Å². The van der Waals surface area contributed by atoms with Gasteiger partial charge in [0.2, 0.25) is 0 Å². The quantitative estimate of drug-likeness (QED) is 0.268. The van der Waals surface area contributed by atoms with E-state index in [-0.39, 0.29) is 42.1 Å². The summed E-state index contributed by atoms with van der Waals surface area (Å²) in [5, 5.41) is 37.1. The van der Waals surface area contributed by atoms with Crippen LogP contribution in [0.25, 0.3) is 6.08 Å². The van der Waals surface area contributed by atoms with E-state index in [1.165, 1.54) is 25.1 Å². The summed E-state index contributed by atoms with van der Waals surface area (Å²) in [6, 6.07) is 6.04. The number of hydrogen-bond acceptors (Lipinski definition) is 5. The van der Waals surface area contributed by atoms with Crippen molar-refractivity contribution in [1.29, 1.82) is 0 Å². The molecular weight excluding hydrogens is 407 g/mol. The summed E-state index contributed by atoms with van der Waals surface area (Å²) in [7, 11) is 0. The van der Waals surface area contributed by atoms with E-state index in [0.29, 0.717) is 0 Å². The van der Waals surface area contributed by atoms with Crippen LogP contribution in [-0.4, -0.2) is 50.1 Å². The standard InChI is InChI=1S/C20H14O9.Na.H/c1-9-5-6-10(15(19(26)27)14(9)18(24)25)7-8-13(21)11-3-2-4-12(17(22)23)16(11)20(28)29;;/h2-8H,1H3,(H,22,23)(H,24,25)(H,26,27)(H,28,29);;/q;+1;-1/b8-7+;;. The Balaban J connectivity index is 0.00000450. The van der Waals surface area contributed by atoms with Gasteiger partial charge in [0.05, 0.1) is 22.3 Å². The molecule has 2 aromatic carbocycles. The molecule has 0 spiro atoms. The molecule has 0 aliphatic rings. The molecule has 0 bridgehead atoms. The maximum Gasteiger partial charge on any atom is 1.00 e. The number of allylic oxidation sites excluding steroid dienone is 1. The Labute approximate surface area is 193 Å². The topological polar surface area (TPSA) is 166 Å². The van der Waals surface area contributed by atoms with Gasteiger partial charge in [-0.2, -0.15) is 0 Å². The molecule has 0 fully saturated rings. The maximum absolute atomic E-state index is 12.5. The van der Waals surface area contributed by atoms with E-state index < -0.39 is 57.5 Å². The number of ketones is 1. The second-order valence-electron chi connectivity index (χ2n) is 5.87. The van der Waals surface area contributed by atoms with Crippen molar-refractivity contribution in [3.05, 3.63) is 75.4 Å². The van der Waals surface area contributed by atoms with Crippen LogP contribution < -0.4 is 29.6 Å². The van der Waals surface area contributed by atoms with Gasteiger partial charge in [-0.1, -0.05) is 30.3 Å². The molecule has 2 rings (SSSR count). The Morgan fingerprint density at radius 3 is 1.77 bits per heavy atom. The average molecular weight is 422 g/mol. The first-order chi connectivity index (χ1) is 13.6. The minimum Gasteiger partial charge on any atom is -1.00 e. The van der Waals surface area contributed by atoms with Crippen LogP contribution in [0.15, 0.2) is 36.4 Å². The fourth-order valence-electron chi connectivity index (χ4n) is 2.79. The number of benzene rings is 2. The summed E-state index contributed by atoms with van der Waals surface area (Å²) in [5.74, 6) is -7.01. The number of carbonyl (C=O) groups is 5. The summed E-state index contributed by atoms with van der Waals surface area (Å²) in [4.78, 5) is 58.1. The van der Waals surface area contributed by atoms with Crippen LogP contribution in [0.3, 0.4) is 0 Å². The zero-order chi connectivity index (χ0) is 21.9. The van der Waals surface area contributed by atoms with E-state index >= 15 is 0 Å². The van der Waals surface area contributed by atoms with Crippen molar-refractivity contribution in [2.75, 3.05) is 0 Å². The minimum atomic E-state index is -1.62. The number of carbonyl (C=O) groups excluding carboxylic acids is 1. The van der Waals surface area contributed by atoms with Gasteiger partial charge in [0.15, 0.2) is 5.78 Å². The van der Waals surface area contributed by atoms with E-state index in [9.17, 15) is 39.3 Å². The van der Waals surface area contributed by atoms with Crippen molar-refractivity contribution in [3.8, 4) is 0 Å².